The molecule has 2 aromatic carbocycles. The van der Waals surface area contributed by atoms with E-state index in [2.05, 4.69) is 10.3 Å². The van der Waals surface area contributed by atoms with Crippen LogP contribution in [0, 0.1) is 0 Å². The van der Waals surface area contributed by atoms with Gasteiger partial charge in [-0.3, -0.25) is 4.79 Å². The molecule has 1 amide bonds. The van der Waals surface area contributed by atoms with Gasteiger partial charge >= 0.3 is 0 Å². The topological polar surface area (TPSA) is 75.4 Å². The van der Waals surface area contributed by atoms with Crippen LogP contribution < -0.4 is 5.32 Å². The minimum atomic E-state index is -0.110. The van der Waals surface area contributed by atoms with Gasteiger partial charge in [0.25, 0.3) is 0 Å². The molecule has 5 nitrogen and oxygen atoms in total. The summed E-state index contributed by atoms with van der Waals surface area (Å²) in [4.78, 5) is 15.8. The molecule has 0 spiro atoms. The Kier molecular flexibility index (Phi) is 3.73. The van der Waals surface area contributed by atoms with E-state index in [-0.39, 0.29) is 17.5 Å². The summed E-state index contributed by atoms with van der Waals surface area (Å²) >= 11 is 5.93. The summed E-state index contributed by atoms with van der Waals surface area (Å²) in [6.07, 6.45) is 0.373. The van der Waals surface area contributed by atoms with Crippen LogP contribution in [0.5, 0.6) is 5.75 Å². The van der Waals surface area contributed by atoms with Crippen LogP contribution in [-0.4, -0.2) is 16.0 Å². The van der Waals surface area contributed by atoms with E-state index in [4.69, 9.17) is 16.0 Å². The van der Waals surface area contributed by atoms with Crippen molar-refractivity contribution in [1.29, 1.82) is 0 Å². The van der Waals surface area contributed by atoms with Gasteiger partial charge in [0.05, 0.1) is 5.56 Å². The summed E-state index contributed by atoms with van der Waals surface area (Å²) in [6, 6.07) is 9.83. The summed E-state index contributed by atoms with van der Waals surface area (Å²) in [5.74, 6) is 0.176. The summed E-state index contributed by atoms with van der Waals surface area (Å²) < 4.78 is 5.63. The Morgan fingerprint density at radius 3 is 2.91 bits per heavy atom. The molecule has 0 unspecified atom stereocenters. The second-order valence-electron chi connectivity index (χ2n) is 4.76. The van der Waals surface area contributed by atoms with Crippen molar-refractivity contribution in [3.8, 4) is 17.2 Å². The van der Waals surface area contributed by atoms with Crippen LogP contribution in [0.1, 0.15) is 13.3 Å². The number of carbonyl (C=O) groups is 1. The lowest BCUT2D eigenvalue weighted by Crippen LogP contribution is -2.09. The number of oxazole rings is 1. The van der Waals surface area contributed by atoms with Gasteiger partial charge in [0.1, 0.15) is 11.3 Å². The number of anilines is 1. The SMILES string of the molecule is CCC(=O)Nc1ccc(O)c(-c2nc3cc(Cl)ccc3o2)c1. The van der Waals surface area contributed by atoms with E-state index >= 15 is 0 Å². The van der Waals surface area contributed by atoms with Gasteiger partial charge in [-0.2, -0.15) is 0 Å². The van der Waals surface area contributed by atoms with Crippen LogP contribution in [0.25, 0.3) is 22.6 Å². The highest BCUT2D eigenvalue weighted by Gasteiger charge is 2.14. The van der Waals surface area contributed by atoms with E-state index in [1.165, 1.54) is 6.07 Å². The molecular formula is C16H13ClN2O3. The molecule has 3 rings (SSSR count). The minimum Gasteiger partial charge on any atom is -0.507 e. The number of amides is 1. The minimum absolute atomic E-state index is 0.0205. The Balaban J connectivity index is 2.04. The number of aromatic hydroxyl groups is 1. The molecular weight excluding hydrogens is 304 g/mol. The Morgan fingerprint density at radius 1 is 1.32 bits per heavy atom. The van der Waals surface area contributed by atoms with Crippen molar-refractivity contribution in [2.45, 2.75) is 13.3 Å². The molecule has 0 radical (unpaired) electrons. The van der Waals surface area contributed by atoms with E-state index in [1.807, 2.05) is 0 Å². The predicted octanol–water partition coefficient (Wildman–Crippen LogP) is 4.20. The molecule has 112 valence electrons. The number of carbonyl (C=O) groups excluding carboxylic acids is 1. The molecule has 2 N–H and O–H groups in total. The fourth-order valence-corrected chi connectivity index (χ4v) is 2.22. The number of hydrogen-bond acceptors (Lipinski definition) is 4. The smallest absolute Gasteiger partial charge is 0.231 e. The molecule has 6 heteroatoms. The number of phenols is 1. The van der Waals surface area contributed by atoms with Crippen molar-refractivity contribution in [3.63, 3.8) is 0 Å². The second kappa shape index (κ2) is 5.69. The van der Waals surface area contributed by atoms with Gasteiger partial charge < -0.3 is 14.8 Å². The quantitative estimate of drug-likeness (QED) is 0.710. The fraction of sp³-hybridized carbons (Fsp3) is 0.125. The molecule has 0 saturated heterocycles. The standard InChI is InChI=1S/C16H13ClN2O3/c1-2-15(21)18-10-4-5-13(20)11(8-10)16-19-12-7-9(17)3-6-14(12)22-16/h3-8,20H,2H2,1H3,(H,18,21). The molecule has 0 atom stereocenters. The fourth-order valence-electron chi connectivity index (χ4n) is 2.05. The van der Waals surface area contributed by atoms with Gasteiger partial charge in [-0.1, -0.05) is 18.5 Å². The van der Waals surface area contributed by atoms with Crippen molar-refractivity contribution in [1.82, 2.24) is 4.98 Å². The van der Waals surface area contributed by atoms with Gasteiger partial charge in [-0.15, -0.1) is 0 Å². The first-order valence-electron chi connectivity index (χ1n) is 6.76. The molecule has 0 aliphatic carbocycles. The molecule has 0 aliphatic rings. The number of aromatic nitrogens is 1. The normalized spacial score (nSPS) is 10.8. The third-order valence-electron chi connectivity index (χ3n) is 3.18. The maximum absolute atomic E-state index is 11.5. The van der Waals surface area contributed by atoms with Crippen LogP contribution >= 0.6 is 11.6 Å². The van der Waals surface area contributed by atoms with Crippen molar-refractivity contribution >= 4 is 34.3 Å². The van der Waals surface area contributed by atoms with E-state index in [0.29, 0.717) is 33.8 Å². The number of hydrogen-bond donors (Lipinski definition) is 2. The predicted molar refractivity (Wildman–Crippen MR) is 85.0 cm³/mol. The molecule has 3 aromatic rings. The zero-order chi connectivity index (χ0) is 15.7. The summed E-state index contributed by atoms with van der Waals surface area (Å²) in [6.45, 7) is 1.77. The highest BCUT2D eigenvalue weighted by Crippen LogP contribution is 2.33. The van der Waals surface area contributed by atoms with Gasteiger partial charge in [0.15, 0.2) is 5.58 Å². The van der Waals surface area contributed by atoms with Crippen LogP contribution in [-0.2, 0) is 4.79 Å². The highest BCUT2D eigenvalue weighted by molar-refractivity contribution is 6.31. The van der Waals surface area contributed by atoms with Gasteiger partial charge in [0, 0.05) is 17.1 Å². The molecule has 22 heavy (non-hydrogen) atoms. The Bertz CT molecular complexity index is 858. The second-order valence-corrected chi connectivity index (χ2v) is 5.20. The summed E-state index contributed by atoms with van der Waals surface area (Å²) in [5.41, 5.74) is 2.15. The summed E-state index contributed by atoms with van der Waals surface area (Å²) in [5, 5.41) is 13.3. The first-order chi connectivity index (χ1) is 10.6. The van der Waals surface area contributed by atoms with E-state index in [0.717, 1.165) is 0 Å². The zero-order valence-corrected chi connectivity index (χ0v) is 12.5. The lowest BCUT2D eigenvalue weighted by Gasteiger charge is -2.06. The van der Waals surface area contributed by atoms with E-state index in [9.17, 15) is 9.90 Å². The van der Waals surface area contributed by atoms with Gasteiger partial charge in [-0.05, 0) is 36.4 Å². The average molecular weight is 317 g/mol. The lowest BCUT2D eigenvalue weighted by molar-refractivity contribution is -0.115. The van der Waals surface area contributed by atoms with Crippen LogP contribution in [0.15, 0.2) is 40.8 Å². The molecule has 1 heterocycles. The molecule has 0 fully saturated rings. The van der Waals surface area contributed by atoms with E-state index in [1.54, 1.807) is 37.3 Å². The number of benzene rings is 2. The average Bonchev–Trinajstić information content (AvgIpc) is 2.91. The van der Waals surface area contributed by atoms with Crippen LogP contribution in [0.2, 0.25) is 5.02 Å². The zero-order valence-electron chi connectivity index (χ0n) is 11.8. The van der Waals surface area contributed by atoms with Crippen LogP contribution in [0.3, 0.4) is 0 Å². The first-order valence-corrected chi connectivity index (χ1v) is 7.14. The van der Waals surface area contributed by atoms with Crippen molar-refractivity contribution < 1.29 is 14.3 Å². The molecule has 0 bridgehead atoms. The lowest BCUT2D eigenvalue weighted by atomic mass is 10.1. The van der Waals surface area contributed by atoms with Gasteiger partial charge in [-0.25, -0.2) is 4.98 Å². The third-order valence-corrected chi connectivity index (χ3v) is 3.42. The number of rotatable bonds is 3. The Morgan fingerprint density at radius 2 is 2.14 bits per heavy atom. The Labute approximate surface area is 131 Å². The maximum atomic E-state index is 11.5. The summed E-state index contributed by atoms with van der Waals surface area (Å²) in [7, 11) is 0. The number of fused-ring (bicyclic) bond motifs is 1. The largest absolute Gasteiger partial charge is 0.507 e. The maximum Gasteiger partial charge on any atom is 0.231 e. The molecule has 0 aliphatic heterocycles. The first kappa shape index (κ1) is 14.4. The Hall–Kier alpha value is -2.53. The number of nitrogens with one attached hydrogen (secondary N) is 1. The molecule has 0 saturated carbocycles. The van der Waals surface area contributed by atoms with Crippen molar-refractivity contribution in [3.05, 3.63) is 41.4 Å². The van der Waals surface area contributed by atoms with Gasteiger partial charge in [0.2, 0.25) is 11.8 Å². The number of nitrogens with zero attached hydrogens (tertiary/aromatic N) is 1. The highest BCUT2D eigenvalue weighted by atomic mass is 35.5. The van der Waals surface area contributed by atoms with Crippen molar-refractivity contribution in [2.75, 3.05) is 5.32 Å². The number of halogens is 1. The third kappa shape index (κ3) is 2.76. The van der Waals surface area contributed by atoms with Crippen LogP contribution in [0.4, 0.5) is 5.69 Å². The molecule has 1 aromatic heterocycles. The van der Waals surface area contributed by atoms with Crippen molar-refractivity contribution in [2.24, 2.45) is 0 Å². The number of phenolic OH excluding ortho intramolecular Hbond substituents is 1. The monoisotopic (exact) mass is 316 g/mol. The van der Waals surface area contributed by atoms with E-state index < -0.39 is 0 Å².